The zero-order valence-corrected chi connectivity index (χ0v) is 15.5. The van der Waals surface area contributed by atoms with Crippen molar-refractivity contribution in [2.24, 2.45) is 5.41 Å². The van der Waals surface area contributed by atoms with Gasteiger partial charge in [0.2, 0.25) is 5.91 Å². The minimum atomic E-state index is -0.222. The molecule has 1 atom stereocenters. The van der Waals surface area contributed by atoms with E-state index in [4.69, 9.17) is 4.74 Å². The van der Waals surface area contributed by atoms with Gasteiger partial charge in [0, 0.05) is 48.8 Å². The number of hydrogen-bond acceptors (Lipinski definition) is 3. The molecule has 5 heteroatoms. The number of aliphatic hydroxyl groups excluding tert-OH is 1. The van der Waals surface area contributed by atoms with E-state index in [1.54, 1.807) is 0 Å². The zero-order chi connectivity index (χ0) is 18.1. The average Bonchev–Trinajstić information content (AvgIpc) is 3.07. The molecule has 2 aliphatic rings. The van der Waals surface area contributed by atoms with Crippen LogP contribution in [0.2, 0.25) is 0 Å². The lowest BCUT2D eigenvalue weighted by atomic mass is 9.80. The number of aromatic amines is 1. The maximum Gasteiger partial charge on any atom is 0.231 e. The molecule has 0 spiro atoms. The van der Waals surface area contributed by atoms with E-state index < -0.39 is 0 Å². The first-order chi connectivity index (χ1) is 12.6. The topological polar surface area (TPSA) is 65.6 Å². The fourth-order valence-electron chi connectivity index (χ4n) is 4.68. The quantitative estimate of drug-likeness (QED) is 0.885. The van der Waals surface area contributed by atoms with Crippen LogP contribution in [0.25, 0.3) is 10.9 Å². The van der Waals surface area contributed by atoms with Crippen molar-refractivity contribution in [1.29, 1.82) is 0 Å². The molecule has 0 unspecified atom stereocenters. The summed E-state index contributed by atoms with van der Waals surface area (Å²) in [5.41, 5.74) is 3.30. The molecule has 2 heterocycles. The molecule has 4 rings (SSSR count). The van der Waals surface area contributed by atoms with Crippen molar-refractivity contribution < 1.29 is 14.6 Å². The van der Waals surface area contributed by atoms with Crippen LogP contribution < -0.4 is 0 Å². The van der Waals surface area contributed by atoms with Gasteiger partial charge in [-0.05, 0) is 43.7 Å². The van der Waals surface area contributed by atoms with Crippen LogP contribution in [0.15, 0.2) is 24.3 Å². The van der Waals surface area contributed by atoms with Crippen molar-refractivity contribution in [2.45, 2.75) is 38.0 Å². The number of hydrogen-bond donors (Lipinski definition) is 2. The maximum atomic E-state index is 13.3. The number of benzene rings is 1. The van der Waals surface area contributed by atoms with Crippen molar-refractivity contribution in [3.05, 3.63) is 35.5 Å². The Bertz CT molecular complexity index is 792. The van der Waals surface area contributed by atoms with Crippen LogP contribution in [-0.4, -0.2) is 54.3 Å². The Kier molecular flexibility index (Phi) is 4.76. The van der Waals surface area contributed by atoms with E-state index in [0.717, 1.165) is 43.3 Å². The smallest absolute Gasteiger partial charge is 0.231 e. The third-order valence-electron chi connectivity index (χ3n) is 6.25. The fourth-order valence-corrected chi connectivity index (χ4v) is 4.68. The molecular weight excluding hydrogens is 328 g/mol. The van der Waals surface area contributed by atoms with Crippen molar-refractivity contribution in [3.8, 4) is 0 Å². The van der Waals surface area contributed by atoms with Crippen LogP contribution in [0.1, 0.15) is 42.9 Å². The molecule has 0 bridgehead atoms. The lowest BCUT2D eigenvalue weighted by Gasteiger charge is -2.39. The Morgan fingerprint density at radius 2 is 2.12 bits per heavy atom. The summed E-state index contributed by atoms with van der Waals surface area (Å²) in [6.45, 7) is 2.03. The number of carbonyl (C=O) groups is 1. The predicted molar refractivity (Wildman–Crippen MR) is 101 cm³/mol. The number of para-hydroxylation sites is 1. The van der Waals surface area contributed by atoms with E-state index in [1.807, 2.05) is 18.0 Å². The Labute approximate surface area is 154 Å². The van der Waals surface area contributed by atoms with Gasteiger partial charge in [0.1, 0.15) is 0 Å². The van der Waals surface area contributed by atoms with Gasteiger partial charge >= 0.3 is 0 Å². The van der Waals surface area contributed by atoms with Gasteiger partial charge in [0.15, 0.2) is 0 Å². The van der Waals surface area contributed by atoms with Crippen molar-refractivity contribution in [3.63, 3.8) is 0 Å². The number of aryl methyl sites for hydroxylation is 1. The zero-order valence-electron chi connectivity index (χ0n) is 15.5. The highest BCUT2D eigenvalue weighted by Crippen LogP contribution is 2.38. The molecule has 1 aliphatic heterocycles. The SMILES string of the molecule is CN(CC1(CO)CCOCC1)C(=O)[C@@H]1CCCc2c1[nH]c1ccccc21. The molecule has 140 valence electrons. The Hall–Kier alpha value is -1.85. The minimum Gasteiger partial charge on any atom is -0.396 e. The summed E-state index contributed by atoms with van der Waals surface area (Å²) in [4.78, 5) is 18.6. The minimum absolute atomic E-state index is 0.105. The number of amides is 1. The van der Waals surface area contributed by atoms with Gasteiger partial charge in [0.25, 0.3) is 0 Å². The highest BCUT2D eigenvalue weighted by atomic mass is 16.5. The van der Waals surface area contributed by atoms with Crippen molar-refractivity contribution >= 4 is 16.8 Å². The Morgan fingerprint density at radius 1 is 1.35 bits per heavy atom. The van der Waals surface area contributed by atoms with Crippen molar-refractivity contribution in [2.75, 3.05) is 33.4 Å². The summed E-state index contributed by atoms with van der Waals surface area (Å²) in [5, 5.41) is 11.2. The molecule has 1 aromatic heterocycles. The van der Waals surface area contributed by atoms with Crippen LogP contribution in [0, 0.1) is 5.41 Å². The molecule has 0 saturated carbocycles. The number of ether oxygens (including phenoxy) is 1. The normalized spacial score (nSPS) is 22.2. The molecule has 1 aromatic carbocycles. The van der Waals surface area contributed by atoms with Crippen LogP contribution in [0.4, 0.5) is 0 Å². The molecule has 1 amide bonds. The summed E-state index contributed by atoms with van der Waals surface area (Å²) in [5.74, 6) is 0.0588. The first-order valence-electron chi connectivity index (χ1n) is 9.67. The maximum absolute atomic E-state index is 13.3. The van der Waals surface area contributed by atoms with E-state index in [1.165, 1.54) is 10.9 Å². The molecule has 1 saturated heterocycles. The van der Waals surface area contributed by atoms with Crippen molar-refractivity contribution in [1.82, 2.24) is 9.88 Å². The molecule has 0 radical (unpaired) electrons. The summed E-state index contributed by atoms with van der Waals surface area (Å²) < 4.78 is 5.45. The standard InChI is InChI=1S/C21H28N2O3/c1-23(13-21(14-24)9-11-26-12-10-21)20(25)17-7-4-6-16-15-5-2-3-8-18(15)22-19(16)17/h2-3,5,8,17,22,24H,4,6-7,9-14H2,1H3/t17-/m1/s1. The number of H-pyrrole nitrogens is 1. The first-order valence-corrected chi connectivity index (χ1v) is 9.67. The Balaban J connectivity index is 1.57. The fraction of sp³-hybridized carbons (Fsp3) is 0.571. The monoisotopic (exact) mass is 356 g/mol. The van der Waals surface area contributed by atoms with Crippen LogP contribution >= 0.6 is 0 Å². The molecule has 26 heavy (non-hydrogen) atoms. The second-order valence-electron chi connectivity index (χ2n) is 7.97. The van der Waals surface area contributed by atoms with Gasteiger partial charge in [-0.2, -0.15) is 0 Å². The number of fused-ring (bicyclic) bond motifs is 3. The van der Waals surface area contributed by atoms with Gasteiger partial charge in [-0.3, -0.25) is 4.79 Å². The second-order valence-corrected chi connectivity index (χ2v) is 7.97. The summed E-state index contributed by atoms with van der Waals surface area (Å²) in [7, 11) is 1.88. The number of nitrogens with zero attached hydrogens (tertiary/aromatic N) is 1. The molecule has 1 fully saturated rings. The van der Waals surface area contributed by atoms with E-state index in [-0.39, 0.29) is 23.8 Å². The van der Waals surface area contributed by atoms with Gasteiger partial charge in [0.05, 0.1) is 12.5 Å². The highest BCUT2D eigenvalue weighted by Gasteiger charge is 2.37. The van der Waals surface area contributed by atoms with E-state index >= 15 is 0 Å². The molecule has 5 nitrogen and oxygen atoms in total. The van der Waals surface area contributed by atoms with E-state index in [9.17, 15) is 9.90 Å². The molecule has 1 aliphatic carbocycles. The summed E-state index contributed by atoms with van der Waals surface area (Å²) in [6, 6.07) is 8.32. The van der Waals surface area contributed by atoms with Crippen LogP contribution in [0.3, 0.4) is 0 Å². The van der Waals surface area contributed by atoms with Gasteiger partial charge in [-0.1, -0.05) is 18.2 Å². The highest BCUT2D eigenvalue weighted by molar-refractivity contribution is 5.90. The number of aliphatic hydroxyl groups is 1. The molecule has 2 N–H and O–H groups in total. The summed E-state index contributed by atoms with van der Waals surface area (Å²) in [6.07, 6.45) is 4.58. The largest absolute Gasteiger partial charge is 0.396 e. The number of carbonyl (C=O) groups excluding carboxylic acids is 1. The number of likely N-dealkylation sites (N-methyl/N-ethyl adjacent to an activating group) is 1. The van der Waals surface area contributed by atoms with E-state index in [0.29, 0.717) is 19.8 Å². The molecular formula is C21H28N2O3. The van der Waals surface area contributed by atoms with Crippen LogP contribution in [-0.2, 0) is 16.0 Å². The third kappa shape index (κ3) is 3.03. The lowest BCUT2D eigenvalue weighted by molar-refractivity contribution is -0.135. The average molecular weight is 356 g/mol. The Morgan fingerprint density at radius 3 is 2.88 bits per heavy atom. The predicted octanol–water partition coefficient (Wildman–Crippen LogP) is 2.84. The number of aromatic nitrogens is 1. The van der Waals surface area contributed by atoms with Crippen LogP contribution in [0.5, 0.6) is 0 Å². The van der Waals surface area contributed by atoms with Gasteiger partial charge in [-0.15, -0.1) is 0 Å². The number of nitrogens with one attached hydrogen (secondary N) is 1. The van der Waals surface area contributed by atoms with E-state index in [2.05, 4.69) is 23.2 Å². The summed E-state index contributed by atoms with van der Waals surface area (Å²) >= 11 is 0. The van der Waals surface area contributed by atoms with Gasteiger partial charge < -0.3 is 19.7 Å². The number of rotatable bonds is 4. The second kappa shape index (κ2) is 7.05. The third-order valence-corrected chi connectivity index (χ3v) is 6.25. The molecule has 2 aromatic rings. The lowest BCUT2D eigenvalue weighted by Crippen LogP contribution is -2.46. The van der Waals surface area contributed by atoms with Gasteiger partial charge in [-0.25, -0.2) is 0 Å². The first kappa shape index (κ1) is 17.6.